The number of rotatable bonds is 3. The van der Waals surface area contributed by atoms with Crippen LogP contribution in [0.15, 0.2) is 0 Å². The number of carbonyl (C=O) groups is 1. The molecule has 1 aliphatic rings. The lowest BCUT2D eigenvalue weighted by atomic mass is 10.1. The molecule has 0 aromatic heterocycles. The van der Waals surface area contributed by atoms with Gasteiger partial charge >= 0.3 is 6.09 Å². The minimum absolute atomic E-state index is 0.309. The number of hydrogen-bond acceptors (Lipinski definition) is 4. The van der Waals surface area contributed by atoms with Crippen LogP contribution in [0.25, 0.3) is 0 Å². The third-order valence-electron chi connectivity index (χ3n) is 2.29. The minimum Gasteiger partial charge on any atom is -0.444 e. The first-order chi connectivity index (χ1) is 7.47. The molecule has 0 spiro atoms. The van der Waals surface area contributed by atoms with Crippen molar-refractivity contribution in [2.75, 3.05) is 13.2 Å². The number of piperidine rings is 1. The summed E-state index contributed by atoms with van der Waals surface area (Å²) in [5.74, 6) is 0. The lowest BCUT2D eigenvalue weighted by Gasteiger charge is -2.25. The summed E-state index contributed by atoms with van der Waals surface area (Å²) >= 11 is 0. The summed E-state index contributed by atoms with van der Waals surface area (Å²) in [7, 11) is 0. The third-order valence-corrected chi connectivity index (χ3v) is 2.29. The van der Waals surface area contributed by atoms with E-state index in [1.807, 2.05) is 20.8 Å². The van der Waals surface area contributed by atoms with Gasteiger partial charge in [0, 0.05) is 0 Å². The molecule has 0 aromatic carbocycles. The second-order valence-electron chi connectivity index (χ2n) is 5.06. The van der Waals surface area contributed by atoms with E-state index in [1.54, 1.807) is 0 Å². The number of carbonyl (C=O) groups excluding carboxylic acids is 1. The zero-order valence-electron chi connectivity index (χ0n) is 10.4. The third kappa shape index (κ3) is 5.92. The molecule has 0 aliphatic carbocycles. The van der Waals surface area contributed by atoms with Crippen molar-refractivity contribution in [3.63, 3.8) is 0 Å². The molecule has 5 nitrogen and oxygen atoms in total. The van der Waals surface area contributed by atoms with Gasteiger partial charge in [-0.1, -0.05) is 0 Å². The van der Waals surface area contributed by atoms with Gasteiger partial charge in [-0.05, 0) is 46.6 Å². The summed E-state index contributed by atoms with van der Waals surface area (Å²) in [5, 5.41) is 9.23. The van der Waals surface area contributed by atoms with Crippen LogP contribution < -0.4 is 16.0 Å². The molecule has 94 valence electrons. The van der Waals surface area contributed by atoms with Crippen molar-refractivity contribution in [1.82, 2.24) is 16.0 Å². The predicted molar refractivity (Wildman–Crippen MR) is 63.0 cm³/mol. The van der Waals surface area contributed by atoms with Crippen molar-refractivity contribution < 1.29 is 9.53 Å². The summed E-state index contributed by atoms with van der Waals surface area (Å²) < 4.78 is 5.12. The number of ether oxygens (including phenoxy) is 1. The first-order valence-corrected chi connectivity index (χ1v) is 5.91. The zero-order chi connectivity index (χ0) is 12.0. The summed E-state index contributed by atoms with van der Waals surface area (Å²) in [6.07, 6.45) is 3.50. The zero-order valence-corrected chi connectivity index (χ0v) is 10.4. The Balaban J connectivity index is 2.08. The lowest BCUT2D eigenvalue weighted by molar-refractivity contribution is 0.0520. The molecule has 1 amide bonds. The summed E-state index contributed by atoms with van der Waals surface area (Å²) in [6, 6.07) is 0. The topological polar surface area (TPSA) is 62.4 Å². The Hall–Kier alpha value is -0.810. The van der Waals surface area contributed by atoms with Gasteiger partial charge in [-0.2, -0.15) is 0 Å². The maximum atomic E-state index is 11.3. The van der Waals surface area contributed by atoms with Crippen molar-refractivity contribution >= 4 is 6.09 Å². The number of amides is 1. The number of hydrogen-bond donors (Lipinski definition) is 3. The Morgan fingerprint density at radius 3 is 2.75 bits per heavy atom. The Morgan fingerprint density at radius 1 is 1.44 bits per heavy atom. The fourth-order valence-corrected chi connectivity index (χ4v) is 1.59. The van der Waals surface area contributed by atoms with Gasteiger partial charge < -0.3 is 15.4 Å². The van der Waals surface area contributed by atoms with E-state index in [0.29, 0.717) is 12.8 Å². The monoisotopic (exact) mass is 229 g/mol. The molecule has 5 heteroatoms. The van der Waals surface area contributed by atoms with Gasteiger partial charge in [0.15, 0.2) is 0 Å². The molecule has 1 heterocycles. The molecule has 3 N–H and O–H groups in total. The average Bonchev–Trinajstić information content (AvgIpc) is 2.16. The predicted octanol–water partition coefficient (Wildman–Crippen LogP) is 1.16. The first-order valence-electron chi connectivity index (χ1n) is 5.91. The van der Waals surface area contributed by atoms with Crippen molar-refractivity contribution in [2.24, 2.45) is 0 Å². The number of nitrogens with one attached hydrogen (secondary N) is 3. The van der Waals surface area contributed by atoms with E-state index in [1.165, 1.54) is 12.8 Å². The Labute approximate surface area is 97.3 Å². The van der Waals surface area contributed by atoms with E-state index < -0.39 is 5.60 Å². The van der Waals surface area contributed by atoms with Crippen molar-refractivity contribution in [3.8, 4) is 0 Å². The number of alkyl carbamates (subject to hydrolysis) is 1. The largest absolute Gasteiger partial charge is 0.444 e. The molecule has 1 atom stereocenters. The van der Waals surface area contributed by atoms with Crippen LogP contribution >= 0.6 is 0 Å². The molecule has 1 unspecified atom stereocenters. The molecular weight excluding hydrogens is 206 g/mol. The SMILES string of the molecule is CC(C)(C)OC(=O)NCNC1CCCCN1. The van der Waals surface area contributed by atoms with Gasteiger partial charge in [-0.25, -0.2) is 4.79 Å². The molecule has 1 saturated heterocycles. The fourth-order valence-electron chi connectivity index (χ4n) is 1.59. The van der Waals surface area contributed by atoms with Crippen molar-refractivity contribution in [3.05, 3.63) is 0 Å². The van der Waals surface area contributed by atoms with Gasteiger partial charge in [0.25, 0.3) is 0 Å². The van der Waals surface area contributed by atoms with E-state index in [9.17, 15) is 4.79 Å². The molecule has 1 aliphatic heterocycles. The summed E-state index contributed by atoms with van der Waals surface area (Å²) in [6.45, 7) is 7.03. The van der Waals surface area contributed by atoms with Gasteiger partial charge in [0.1, 0.15) is 5.60 Å². The van der Waals surface area contributed by atoms with E-state index in [0.717, 1.165) is 13.0 Å². The minimum atomic E-state index is -0.437. The average molecular weight is 229 g/mol. The summed E-state index contributed by atoms with van der Waals surface area (Å²) in [5.41, 5.74) is -0.437. The quantitative estimate of drug-likeness (QED) is 0.635. The van der Waals surface area contributed by atoms with Crippen molar-refractivity contribution in [1.29, 1.82) is 0 Å². The van der Waals surface area contributed by atoms with Crippen LogP contribution in [0, 0.1) is 0 Å². The van der Waals surface area contributed by atoms with Crippen molar-refractivity contribution in [2.45, 2.75) is 51.8 Å². The maximum Gasteiger partial charge on any atom is 0.408 e. The molecule has 0 radical (unpaired) electrons. The van der Waals surface area contributed by atoms with Crippen LogP contribution in [0.1, 0.15) is 40.0 Å². The molecular formula is C11H23N3O2. The van der Waals surface area contributed by atoms with Gasteiger partial charge in [-0.15, -0.1) is 0 Å². The second kappa shape index (κ2) is 6.06. The van der Waals surface area contributed by atoms with E-state index in [4.69, 9.17) is 4.74 Å². The highest BCUT2D eigenvalue weighted by Crippen LogP contribution is 2.06. The molecule has 1 fully saturated rings. The summed E-state index contributed by atoms with van der Waals surface area (Å²) in [4.78, 5) is 11.3. The molecule has 16 heavy (non-hydrogen) atoms. The highest BCUT2D eigenvalue weighted by Gasteiger charge is 2.16. The van der Waals surface area contributed by atoms with E-state index in [-0.39, 0.29) is 6.09 Å². The van der Waals surface area contributed by atoms with E-state index in [2.05, 4.69) is 16.0 Å². The van der Waals surface area contributed by atoms with Crippen LogP contribution in [-0.2, 0) is 4.74 Å². The molecule has 1 rings (SSSR count). The first kappa shape index (κ1) is 13.3. The van der Waals surface area contributed by atoms with Gasteiger partial charge in [-0.3, -0.25) is 5.32 Å². The fraction of sp³-hybridized carbons (Fsp3) is 0.909. The second-order valence-corrected chi connectivity index (χ2v) is 5.06. The van der Waals surface area contributed by atoms with E-state index >= 15 is 0 Å². The van der Waals surface area contributed by atoms with Gasteiger partial charge in [0.2, 0.25) is 0 Å². The standard InChI is InChI=1S/C11H23N3O2/c1-11(2,3)16-10(15)14-8-13-9-6-4-5-7-12-9/h9,12-13H,4-8H2,1-3H3,(H,14,15). The maximum absolute atomic E-state index is 11.3. The Bertz CT molecular complexity index is 220. The van der Waals surface area contributed by atoms with Crippen LogP contribution in [0.4, 0.5) is 4.79 Å². The lowest BCUT2D eigenvalue weighted by Crippen LogP contribution is -2.49. The van der Waals surface area contributed by atoms with Crippen LogP contribution in [-0.4, -0.2) is 31.1 Å². The highest BCUT2D eigenvalue weighted by atomic mass is 16.6. The normalized spacial score (nSPS) is 21.6. The Kier molecular flexibility index (Phi) is 5.02. The van der Waals surface area contributed by atoms with Crippen LogP contribution in [0.2, 0.25) is 0 Å². The highest BCUT2D eigenvalue weighted by molar-refractivity contribution is 5.67. The van der Waals surface area contributed by atoms with Crippen LogP contribution in [0.5, 0.6) is 0 Å². The van der Waals surface area contributed by atoms with Crippen LogP contribution in [0.3, 0.4) is 0 Å². The Morgan fingerprint density at radius 2 is 2.19 bits per heavy atom. The van der Waals surface area contributed by atoms with Gasteiger partial charge in [0.05, 0.1) is 12.8 Å². The molecule has 0 saturated carbocycles. The molecule has 0 bridgehead atoms. The molecule has 0 aromatic rings. The smallest absolute Gasteiger partial charge is 0.408 e.